The number of ether oxygens (including phenoxy) is 7. The van der Waals surface area contributed by atoms with Crippen molar-refractivity contribution in [1.82, 2.24) is 79.7 Å². The van der Waals surface area contributed by atoms with Crippen LogP contribution < -0.4 is 38.5 Å². The predicted molar refractivity (Wildman–Crippen MR) is 272 cm³/mol. The molecule has 0 saturated heterocycles. The lowest BCUT2D eigenvalue weighted by Crippen LogP contribution is -2.13. The molecule has 0 amide bonds. The molecular weight excluding hydrogens is 1060 g/mol. The van der Waals surface area contributed by atoms with Crippen molar-refractivity contribution in [1.29, 1.82) is 0 Å². The lowest BCUT2D eigenvalue weighted by atomic mass is 10.4. The zero-order valence-electron chi connectivity index (χ0n) is 46.3. The Morgan fingerprint density at radius 2 is 0.795 bits per heavy atom. The van der Waals surface area contributed by atoms with Gasteiger partial charge in [0.15, 0.2) is 5.69 Å². The van der Waals surface area contributed by atoms with Gasteiger partial charge < -0.3 is 38.5 Å². The van der Waals surface area contributed by atoms with Crippen LogP contribution in [-0.4, -0.2) is 136 Å². The van der Waals surface area contributed by atoms with Crippen LogP contribution in [-0.2, 0) is 12.4 Å². The Kier molecular flexibility index (Phi) is 29.2. The number of anilines is 1. The van der Waals surface area contributed by atoms with Crippen LogP contribution in [0.1, 0.15) is 76.0 Å². The van der Waals surface area contributed by atoms with Gasteiger partial charge in [-0.05, 0) is 88.3 Å². The third-order valence-electron chi connectivity index (χ3n) is 8.13. The number of aryl methyl sites for hydroxylation is 10. The summed E-state index contributed by atoms with van der Waals surface area (Å²) in [5.74, 6) is 2.49. The highest BCUT2D eigenvalue weighted by Crippen LogP contribution is 2.29. The Morgan fingerprint density at radius 1 is 0.397 bits per heavy atom. The van der Waals surface area contributed by atoms with Gasteiger partial charge in [-0.25, -0.2) is 39.9 Å². The molecule has 7 aromatic rings. The molecule has 78 heavy (non-hydrogen) atoms. The second-order valence-electron chi connectivity index (χ2n) is 14.9. The molecule has 0 radical (unpaired) electrons. The summed E-state index contributed by atoms with van der Waals surface area (Å²) in [5.41, 5.74) is 3.55. The number of hydrogen-bond donors (Lipinski definition) is 1. The number of aromatic nitrogens is 16. The van der Waals surface area contributed by atoms with E-state index in [0.29, 0.717) is 53.3 Å². The highest BCUT2D eigenvalue weighted by molar-refractivity contribution is 6.29. The van der Waals surface area contributed by atoms with E-state index in [4.69, 9.17) is 35.3 Å². The minimum absolute atomic E-state index is 0.0285. The second kappa shape index (κ2) is 33.7. The van der Waals surface area contributed by atoms with Gasteiger partial charge in [-0.3, -0.25) is 0 Å². The molecular formula is C47H62ClF6N17O7. The van der Waals surface area contributed by atoms with Gasteiger partial charge in [0, 0.05) is 53.7 Å². The largest absolute Gasteiger partial charge is 0.481 e. The molecule has 7 aromatic heterocycles. The fourth-order valence-corrected chi connectivity index (χ4v) is 5.46. The van der Waals surface area contributed by atoms with Crippen molar-refractivity contribution in [2.24, 2.45) is 0 Å². The van der Waals surface area contributed by atoms with Crippen molar-refractivity contribution in [2.75, 3.05) is 61.6 Å². The summed E-state index contributed by atoms with van der Waals surface area (Å²) in [4.78, 5) is 60.5. The molecule has 24 nitrogen and oxygen atoms in total. The van der Waals surface area contributed by atoms with Gasteiger partial charge in [-0.2, -0.15) is 66.2 Å². The molecule has 0 unspecified atom stereocenters. The van der Waals surface area contributed by atoms with Crippen molar-refractivity contribution >= 4 is 17.5 Å². The fraction of sp³-hybridized carbons (Fsp3) is 0.447. The summed E-state index contributed by atoms with van der Waals surface area (Å²) in [6.45, 7) is 20.1. The standard InChI is InChI=1S/C7H7F3N2O.C7H12N4O.C7H10N2O2.2C7H10N2O.C6H7ClN2.C6H6F3N3O/c1-4-11-5(7(8,9)10)3-6(12-4)13-2;1-4-12-7-10-5(2)9-6(8-3)11-7;1-5-4-6(10-2)9-7(8-5)11-3;1-5-4-7(10-3)9-6(2)8-5;1-5-4-6(2)9-7(8-5)10-3;1-4-3-6(7)9-5(2)8-4;1-3-10-4(6(7,8)9)12-5(11-3)13-2/h3H,1-2H3;4H2,1-3H3,(H,8,9,10,11);4H,1-3H3;2*4H,1-3H3;3H,1-2H3;1-2H3. The van der Waals surface area contributed by atoms with E-state index in [1.54, 1.807) is 53.5 Å². The maximum Gasteiger partial charge on any atom is 0.451 e. The molecule has 0 aliphatic carbocycles. The van der Waals surface area contributed by atoms with Crippen LogP contribution in [0.15, 0.2) is 30.3 Å². The molecule has 0 fully saturated rings. The van der Waals surface area contributed by atoms with Crippen molar-refractivity contribution in [3.63, 3.8) is 0 Å². The molecule has 0 spiro atoms. The first-order valence-electron chi connectivity index (χ1n) is 22.5. The molecule has 0 atom stereocenters. The van der Waals surface area contributed by atoms with E-state index in [1.807, 2.05) is 61.5 Å². The Labute approximate surface area is 452 Å². The van der Waals surface area contributed by atoms with Crippen molar-refractivity contribution in [3.8, 4) is 41.7 Å². The second-order valence-corrected chi connectivity index (χ2v) is 15.2. The highest BCUT2D eigenvalue weighted by atomic mass is 35.5. The monoisotopic (exact) mass is 1130 g/mol. The number of rotatable bonds is 9. The lowest BCUT2D eigenvalue weighted by Gasteiger charge is -2.07. The molecule has 426 valence electrons. The molecule has 0 saturated carbocycles. The Hall–Kier alpha value is -8.31. The lowest BCUT2D eigenvalue weighted by molar-refractivity contribution is -0.145. The van der Waals surface area contributed by atoms with E-state index in [2.05, 4.69) is 94.5 Å². The molecule has 0 bridgehead atoms. The highest BCUT2D eigenvalue weighted by Gasteiger charge is 2.36. The van der Waals surface area contributed by atoms with E-state index in [1.165, 1.54) is 35.2 Å². The Bertz CT molecular complexity index is 2710. The minimum Gasteiger partial charge on any atom is -0.481 e. The summed E-state index contributed by atoms with van der Waals surface area (Å²) in [6, 6.07) is 8.74. The average Bonchev–Trinajstić information content (AvgIpc) is 3.35. The minimum atomic E-state index is -4.57. The van der Waals surface area contributed by atoms with E-state index in [-0.39, 0.29) is 23.5 Å². The van der Waals surface area contributed by atoms with Crippen molar-refractivity contribution in [2.45, 2.75) is 88.5 Å². The molecule has 0 aromatic carbocycles. The molecule has 0 aliphatic rings. The number of methoxy groups -OCH3 is 6. The maximum atomic E-state index is 12.1. The first kappa shape index (κ1) is 67.7. The van der Waals surface area contributed by atoms with E-state index in [9.17, 15) is 26.3 Å². The van der Waals surface area contributed by atoms with Crippen LogP contribution in [0.3, 0.4) is 0 Å². The molecule has 1 N–H and O–H groups in total. The third-order valence-corrected chi connectivity index (χ3v) is 8.33. The van der Waals surface area contributed by atoms with Crippen molar-refractivity contribution < 1.29 is 59.5 Å². The number of hydrogen-bond acceptors (Lipinski definition) is 24. The van der Waals surface area contributed by atoms with Crippen LogP contribution in [0.2, 0.25) is 5.15 Å². The zero-order chi connectivity index (χ0) is 59.3. The molecule has 31 heteroatoms. The average molecular weight is 1130 g/mol. The molecule has 0 aliphatic heterocycles. The van der Waals surface area contributed by atoms with Gasteiger partial charge in [0.1, 0.15) is 34.3 Å². The summed E-state index contributed by atoms with van der Waals surface area (Å²) >= 11 is 5.60. The van der Waals surface area contributed by atoms with E-state index in [0.717, 1.165) is 46.2 Å². The summed E-state index contributed by atoms with van der Waals surface area (Å²) in [6.07, 6.45) is -9.03. The number of alkyl halides is 6. The summed E-state index contributed by atoms with van der Waals surface area (Å²) in [7, 11) is 10.4. The first-order chi connectivity index (χ1) is 36.5. The number of nitrogens with zero attached hydrogens (tertiary/aromatic N) is 16. The van der Waals surface area contributed by atoms with Gasteiger partial charge in [-0.1, -0.05) is 11.6 Å². The van der Waals surface area contributed by atoms with Gasteiger partial charge in [-0.15, -0.1) is 0 Å². The zero-order valence-corrected chi connectivity index (χ0v) is 47.0. The predicted octanol–water partition coefficient (Wildman–Crippen LogP) is 8.39. The Balaban J connectivity index is 0.000000457. The van der Waals surface area contributed by atoms with Crippen LogP contribution >= 0.6 is 11.6 Å². The number of halogens is 7. The van der Waals surface area contributed by atoms with E-state index >= 15 is 0 Å². The van der Waals surface area contributed by atoms with Gasteiger partial charge >= 0.3 is 36.4 Å². The van der Waals surface area contributed by atoms with Crippen LogP contribution in [0.5, 0.6) is 41.7 Å². The van der Waals surface area contributed by atoms with Gasteiger partial charge in [0.2, 0.25) is 29.4 Å². The van der Waals surface area contributed by atoms with Crippen LogP contribution in [0.25, 0.3) is 0 Å². The van der Waals surface area contributed by atoms with E-state index < -0.39 is 23.9 Å². The summed E-state index contributed by atoms with van der Waals surface area (Å²) < 4.78 is 106. The quantitative estimate of drug-likeness (QED) is 0.105. The third kappa shape index (κ3) is 27.5. The fourth-order valence-electron chi connectivity index (χ4n) is 5.18. The topological polar surface area (TPSA) is 283 Å². The smallest absolute Gasteiger partial charge is 0.451 e. The SMILES string of the molecule is CCOc1nc(C)nc(NC)n1.COc1cc(C(F)(F)F)nc(C)n1.COc1cc(C)nc(C)n1.COc1cc(C)nc(OC)n1.COc1nc(C)cc(C)n1.COc1nc(C)nc(C(F)(F)F)n1.Cc1cc(Cl)nc(C)n1. The molecule has 7 heterocycles. The van der Waals surface area contributed by atoms with Gasteiger partial charge in [0.25, 0.3) is 0 Å². The number of nitrogens with one attached hydrogen (secondary N) is 1. The summed E-state index contributed by atoms with van der Waals surface area (Å²) in [5, 5.41) is 3.34. The van der Waals surface area contributed by atoms with Crippen LogP contribution in [0, 0.1) is 69.2 Å². The molecule has 7 rings (SSSR count). The van der Waals surface area contributed by atoms with Gasteiger partial charge in [0.05, 0.1) is 49.3 Å². The normalized spacial score (nSPS) is 10.2. The van der Waals surface area contributed by atoms with Crippen LogP contribution in [0.4, 0.5) is 32.3 Å². The maximum absolute atomic E-state index is 12.1. The first-order valence-corrected chi connectivity index (χ1v) is 22.9. The Morgan fingerprint density at radius 3 is 1.23 bits per heavy atom. The van der Waals surface area contributed by atoms with Crippen molar-refractivity contribution in [3.05, 3.63) is 105 Å².